The number of carbonyl (C=O) groups excluding carboxylic acids is 2. The van der Waals surface area contributed by atoms with Crippen LogP contribution in [0.2, 0.25) is 0 Å². The number of hydrogen-bond acceptors (Lipinski definition) is 4. The Labute approximate surface area is 196 Å². The zero-order valence-electron chi connectivity index (χ0n) is 17.4. The number of halogens is 2. The van der Waals surface area contributed by atoms with Crippen LogP contribution in [0.15, 0.2) is 54.9 Å². The van der Waals surface area contributed by atoms with Gasteiger partial charge in [-0.25, -0.2) is 0 Å². The van der Waals surface area contributed by atoms with E-state index in [2.05, 4.69) is 15.6 Å². The van der Waals surface area contributed by atoms with Crippen molar-refractivity contribution in [3.05, 3.63) is 66.0 Å². The number of carbonyl (C=O) groups is 2. The summed E-state index contributed by atoms with van der Waals surface area (Å²) in [7, 11) is 0. The Bertz CT molecular complexity index is 824. The van der Waals surface area contributed by atoms with Gasteiger partial charge < -0.3 is 15.5 Å². The van der Waals surface area contributed by atoms with Crippen molar-refractivity contribution in [2.75, 3.05) is 26.2 Å². The SMILES string of the molecule is Cl.Cl.O=C(NC(Cc1ccccc1)C(=O)N1CC[C@@H]2CNC[C@@H]2CC1)c1cccnc1. The van der Waals surface area contributed by atoms with Crippen LogP contribution in [-0.2, 0) is 11.2 Å². The minimum Gasteiger partial charge on any atom is -0.341 e. The second-order valence-electron chi connectivity index (χ2n) is 8.04. The molecule has 0 radical (unpaired) electrons. The van der Waals surface area contributed by atoms with Crippen molar-refractivity contribution in [2.24, 2.45) is 11.8 Å². The number of amides is 2. The number of aromatic nitrogens is 1. The van der Waals surface area contributed by atoms with Crippen molar-refractivity contribution < 1.29 is 9.59 Å². The van der Waals surface area contributed by atoms with Crippen molar-refractivity contribution >= 4 is 36.6 Å². The molecule has 3 heterocycles. The van der Waals surface area contributed by atoms with Crippen LogP contribution in [0.1, 0.15) is 28.8 Å². The molecular weight excluding hydrogens is 435 g/mol. The van der Waals surface area contributed by atoms with E-state index >= 15 is 0 Å². The number of benzene rings is 1. The summed E-state index contributed by atoms with van der Waals surface area (Å²) in [5, 5.41) is 6.44. The first-order chi connectivity index (χ1) is 14.2. The molecule has 6 nitrogen and oxygen atoms in total. The molecule has 8 heteroatoms. The summed E-state index contributed by atoms with van der Waals surface area (Å²) in [6, 6.07) is 12.7. The molecule has 1 aromatic heterocycles. The number of likely N-dealkylation sites (tertiary alicyclic amines) is 1. The third-order valence-corrected chi connectivity index (χ3v) is 6.14. The normalized spacial score (nSPS) is 21.0. The summed E-state index contributed by atoms with van der Waals surface area (Å²) in [5.74, 6) is 1.07. The smallest absolute Gasteiger partial charge is 0.253 e. The molecule has 168 valence electrons. The molecule has 2 N–H and O–H groups in total. The van der Waals surface area contributed by atoms with Crippen molar-refractivity contribution in [2.45, 2.75) is 25.3 Å². The lowest BCUT2D eigenvalue weighted by Crippen LogP contribution is -2.50. The van der Waals surface area contributed by atoms with Crippen LogP contribution in [0.5, 0.6) is 0 Å². The first-order valence-corrected chi connectivity index (χ1v) is 10.4. The first kappa shape index (κ1) is 25.1. The molecule has 2 aliphatic heterocycles. The van der Waals surface area contributed by atoms with E-state index in [0.29, 0.717) is 23.8 Å². The fourth-order valence-corrected chi connectivity index (χ4v) is 4.45. The molecule has 4 rings (SSSR count). The van der Waals surface area contributed by atoms with Gasteiger partial charge in [-0.15, -0.1) is 24.8 Å². The highest BCUT2D eigenvalue weighted by Crippen LogP contribution is 2.27. The molecule has 2 fully saturated rings. The topological polar surface area (TPSA) is 74.3 Å². The number of nitrogens with one attached hydrogen (secondary N) is 2. The maximum absolute atomic E-state index is 13.4. The lowest BCUT2D eigenvalue weighted by molar-refractivity contribution is -0.133. The number of fused-ring (bicyclic) bond motifs is 1. The van der Waals surface area contributed by atoms with Gasteiger partial charge in [0.05, 0.1) is 5.56 Å². The van der Waals surface area contributed by atoms with Crippen LogP contribution < -0.4 is 10.6 Å². The molecule has 2 amide bonds. The molecule has 2 aliphatic rings. The van der Waals surface area contributed by atoms with Crippen LogP contribution in [-0.4, -0.2) is 53.9 Å². The largest absolute Gasteiger partial charge is 0.341 e. The third-order valence-electron chi connectivity index (χ3n) is 6.14. The monoisotopic (exact) mass is 464 g/mol. The zero-order chi connectivity index (χ0) is 20.1. The summed E-state index contributed by atoms with van der Waals surface area (Å²) in [6.45, 7) is 3.63. The van der Waals surface area contributed by atoms with Crippen LogP contribution in [0.3, 0.4) is 0 Å². The maximum Gasteiger partial charge on any atom is 0.253 e. The number of rotatable bonds is 5. The minimum absolute atomic E-state index is 0. The van der Waals surface area contributed by atoms with Gasteiger partial charge in [0.15, 0.2) is 0 Å². The standard InChI is InChI=1S/C23H28N4O2.2ClH/c28-22(20-7-4-10-24-16-20)26-21(13-17-5-2-1-3-6-17)23(29)27-11-8-18-14-25-15-19(18)9-12-27;;/h1-7,10,16,18-19,21,25H,8-9,11-15H2,(H,26,28);2*1H/t18-,19+,21?;;. The Morgan fingerprint density at radius 2 is 1.71 bits per heavy atom. The molecule has 3 atom stereocenters. The third kappa shape index (κ3) is 6.42. The Morgan fingerprint density at radius 1 is 1.03 bits per heavy atom. The zero-order valence-corrected chi connectivity index (χ0v) is 19.0. The van der Waals surface area contributed by atoms with Crippen LogP contribution in [0, 0.1) is 11.8 Å². The van der Waals surface area contributed by atoms with Gasteiger partial charge in [0.25, 0.3) is 5.91 Å². The van der Waals surface area contributed by atoms with E-state index in [0.717, 1.165) is 44.6 Å². The average molecular weight is 465 g/mol. The Hall–Kier alpha value is -2.15. The van der Waals surface area contributed by atoms with Crippen molar-refractivity contribution in [1.29, 1.82) is 0 Å². The van der Waals surface area contributed by atoms with Gasteiger partial charge in [0.1, 0.15) is 6.04 Å². The lowest BCUT2D eigenvalue weighted by Gasteiger charge is -2.27. The number of nitrogens with zero attached hydrogens (tertiary/aromatic N) is 2. The maximum atomic E-state index is 13.4. The first-order valence-electron chi connectivity index (χ1n) is 10.4. The Kier molecular flexibility index (Phi) is 9.75. The van der Waals surface area contributed by atoms with Gasteiger partial charge in [-0.2, -0.15) is 0 Å². The number of hydrogen-bond donors (Lipinski definition) is 2. The molecule has 31 heavy (non-hydrogen) atoms. The van der Waals surface area contributed by atoms with Crippen LogP contribution in [0.25, 0.3) is 0 Å². The molecule has 2 saturated heterocycles. The molecule has 0 spiro atoms. The molecule has 2 aromatic rings. The fourth-order valence-electron chi connectivity index (χ4n) is 4.45. The average Bonchev–Trinajstić information content (AvgIpc) is 3.12. The molecule has 0 bridgehead atoms. The van der Waals surface area contributed by atoms with Gasteiger partial charge in [-0.05, 0) is 55.5 Å². The highest BCUT2D eigenvalue weighted by molar-refractivity contribution is 5.97. The Balaban J connectivity index is 0.00000171. The predicted octanol–water partition coefficient (Wildman–Crippen LogP) is 2.72. The highest BCUT2D eigenvalue weighted by Gasteiger charge is 2.34. The Morgan fingerprint density at radius 3 is 2.32 bits per heavy atom. The van der Waals surface area contributed by atoms with E-state index < -0.39 is 6.04 Å². The van der Waals surface area contributed by atoms with Gasteiger partial charge in [-0.3, -0.25) is 14.6 Å². The summed E-state index contributed by atoms with van der Waals surface area (Å²) < 4.78 is 0. The summed E-state index contributed by atoms with van der Waals surface area (Å²) in [5.41, 5.74) is 1.50. The quantitative estimate of drug-likeness (QED) is 0.713. The molecule has 0 saturated carbocycles. The van der Waals surface area contributed by atoms with E-state index in [9.17, 15) is 9.59 Å². The van der Waals surface area contributed by atoms with Gasteiger partial charge in [-0.1, -0.05) is 30.3 Å². The summed E-state index contributed by atoms with van der Waals surface area (Å²) in [4.78, 5) is 32.1. The summed E-state index contributed by atoms with van der Waals surface area (Å²) >= 11 is 0. The lowest BCUT2D eigenvalue weighted by atomic mass is 9.92. The van der Waals surface area contributed by atoms with Gasteiger partial charge in [0, 0.05) is 31.9 Å². The van der Waals surface area contributed by atoms with Gasteiger partial charge in [0.2, 0.25) is 5.91 Å². The predicted molar refractivity (Wildman–Crippen MR) is 126 cm³/mol. The second-order valence-corrected chi connectivity index (χ2v) is 8.04. The molecule has 0 aliphatic carbocycles. The van der Waals surface area contributed by atoms with Gasteiger partial charge >= 0.3 is 0 Å². The highest BCUT2D eigenvalue weighted by atomic mass is 35.5. The van der Waals surface area contributed by atoms with Crippen molar-refractivity contribution in [3.63, 3.8) is 0 Å². The molecule has 1 aromatic carbocycles. The van der Waals surface area contributed by atoms with Crippen molar-refractivity contribution in [3.8, 4) is 0 Å². The minimum atomic E-state index is -0.582. The second kappa shape index (κ2) is 12.0. The van der Waals surface area contributed by atoms with E-state index in [1.807, 2.05) is 35.2 Å². The van der Waals surface area contributed by atoms with E-state index in [-0.39, 0.29) is 36.6 Å². The van der Waals surface area contributed by atoms with Crippen molar-refractivity contribution in [1.82, 2.24) is 20.5 Å². The molecular formula is C23H30Cl2N4O2. The van der Waals surface area contributed by atoms with E-state index in [1.165, 1.54) is 6.20 Å². The van der Waals surface area contributed by atoms with E-state index in [4.69, 9.17) is 0 Å². The molecule has 1 unspecified atom stereocenters. The summed E-state index contributed by atoms with van der Waals surface area (Å²) in [6.07, 6.45) is 5.69. The van der Waals surface area contributed by atoms with E-state index in [1.54, 1.807) is 18.3 Å². The fraction of sp³-hybridized carbons (Fsp3) is 0.435. The number of pyridine rings is 1. The van der Waals surface area contributed by atoms with Crippen LogP contribution >= 0.6 is 24.8 Å². The van der Waals surface area contributed by atoms with Crippen LogP contribution in [0.4, 0.5) is 0 Å².